The molecule has 1 aromatic heterocycles. The topological polar surface area (TPSA) is 19.6 Å². The first-order valence-electron chi connectivity index (χ1n) is 26.5. The lowest BCUT2D eigenvalue weighted by Gasteiger charge is -2.36. The van der Waals surface area contributed by atoms with E-state index in [0.29, 0.717) is 0 Å². The van der Waals surface area contributed by atoms with E-state index in [1.807, 2.05) is 0 Å². The van der Waals surface area contributed by atoms with Crippen molar-refractivity contribution in [1.29, 1.82) is 0 Å². The molecule has 11 rings (SSSR count). The fourth-order valence-electron chi connectivity index (χ4n) is 11.4. The second-order valence-electron chi connectivity index (χ2n) is 24.7. The summed E-state index contributed by atoms with van der Waals surface area (Å²) in [6.07, 6.45) is 0. The molecule has 0 spiro atoms. The van der Waals surface area contributed by atoms with Gasteiger partial charge in [0.15, 0.2) is 0 Å². The van der Waals surface area contributed by atoms with Gasteiger partial charge < -0.3 is 14.2 Å². The Labute approximate surface area is 440 Å². The van der Waals surface area contributed by atoms with Gasteiger partial charge in [0.05, 0.1) is 16.5 Å². The molecule has 0 aliphatic heterocycles. The lowest BCUT2D eigenvalue weighted by atomic mass is 9.67. The van der Waals surface area contributed by atoms with Crippen molar-refractivity contribution in [2.24, 2.45) is 0 Å². The molecule has 10 aromatic rings. The number of hydrogen-bond donors (Lipinski definition) is 0. The van der Waals surface area contributed by atoms with Crippen LogP contribution in [-0.2, 0) is 27.1 Å². The summed E-state index contributed by atoms with van der Waals surface area (Å²) in [4.78, 5) is 4.91. The number of fused-ring (bicyclic) bond motifs is 7. The van der Waals surface area contributed by atoms with Gasteiger partial charge in [-0.1, -0.05) is 217 Å². The maximum absolute atomic E-state index is 7.36. The Morgan fingerprint density at radius 1 is 0.351 bits per heavy atom. The molecule has 0 fully saturated rings. The summed E-state index contributed by atoms with van der Waals surface area (Å²) in [7, 11) is 0. The van der Waals surface area contributed by atoms with E-state index in [-0.39, 0.29) is 21.7 Å². The minimum atomic E-state index is -0.763. The average molecular weight is 967 g/mol. The van der Waals surface area contributed by atoms with Crippen LogP contribution in [0.3, 0.4) is 0 Å². The van der Waals surface area contributed by atoms with Gasteiger partial charge in [-0.3, -0.25) is 0 Å². The average Bonchev–Trinajstić information content (AvgIpc) is 3.96. The van der Waals surface area contributed by atoms with Crippen LogP contribution < -0.4 is 9.80 Å². The van der Waals surface area contributed by atoms with Gasteiger partial charge >= 0.3 is 0 Å². The molecule has 0 radical (unpaired) electrons. The molecule has 0 N–H and O–H groups in total. The van der Waals surface area contributed by atoms with Crippen LogP contribution in [0.25, 0.3) is 33.1 Å². The zero-order valence-corrected chi connectivity index (χ0v) is 45.4. The Bertz CT molecular complexity index is 3490. The minimum absolute atomic E-state index is 0.00372. The zero-order valence-electron chi connectivity index (χ0n) is 45.4. The number of furan rings is 1. The van der Waals surface area contributed by atoms with Crippen molar-refractivity contribution < 1.29 is 4.42 Å². The second-order valence-corrected chi connectivity index (χ2v) is 24.7. The number of nitrogens with zero attached hydrogens (tertiary/aromatic N) is 2. The molecule has 1 heterocycles. The van der Waals surface area contributed by atoms with Crippen LogP contribution in [0.4, 0.5) is 34.1 Å². The van der Waals surface area contributed by atoms with E-state index in [0.717, 1.165) is 67.2 Å². The molecular weight excluding hydrogens is 897 g/mol. The van der Waals surface area contributed by atoms with Crippen LogP contribution in [0.2, 0.25) is 0 Å². The monoisotopic (exact) mass is 967 g/mol. The number of para-hydroxylation sites is 1. The van der Waals surface area contributed by atoms with E-state index in [1.165, 1.54) is 44.5 Å². The fourth-order valence-corrected chi connectivity index (χ4v) is 11.4. The molecule has 0 atom stereocenters. The number of rotatable bonds is 8. The summed E-state index contributed by atoms with van der Waals surface area (Å²) in [6, 6.07) is 77.4. The minimum Gasteiger partial charge on any atom is -0.455 e. The Morgan fingerprint density at radius 3 is 1.15 bits per heavy atom. The third kappa shape index (κ3) is 8.31. The molecule has 9 aromatic carbocycles. The van der Waals surface area contributed by atoms with Crippen molar-refractivity contribution in [3.63, 3.8) is 0 Å². The molecule has 370 valence electrons. The third-order valence-corrected chi connectivity index (χ3v) is 15.6. The van der Waals surface area contributed by atoms with Crippen molar-refractivity contribution in [2.45, 2.75) is 110 Å². The Morgan fingerprint density at radius 2 is 0.730 bits per heavy atom. The van der Waals surface area contributed by atoms with Gasteiger partial charge in [-0.25, -0.2) is 0 Å². The highest BCUT2D eigenvalue weighted by Gasteiger charge is 2.49. The Kier molecular flexibility index (Phi) is 11.7. The largest absolute Gasteiger partial charge is 0.455 e. The normalized spacial score (nSPS) is 13.5. The molecule has 0 saturated carbocycles. The number of benzene rings is 9. The lowest BCUT2D eigenvalue weighted by molar-refractivity contribution is 0.590. The standard InChI is InChI=1S/C71H70N2O/c1-67(2,3)47-27-35-53(36-28-47)72(54-37-29-48(30-38-54)68(4,5)6)57-43-44-58-60(45-57)71(51-21-15-13-16-22-51,52-23-17-14-18-24-52)61-46-62(65-59-25-19-20-26-63(59)74-66(65)64(58)61)73(55-39-31-49(32-40-55)69(7,8)9)56-41-33-50(34-42-56)70(10,11)12/h13-46H,1-12H3. The van der Waals surface area contributed by atoms with Crippen LogP contribution in [-0.4, -0.2) is 0 Å². The van der Waals surface area contributed by atoms with Crippen molar-refractivity contribution >= 4 is 56.1 Å². The SMILES string of the molecule is CC(C)(C)c1ccc(N(c2ccc(C(C)(C)C)cc2)c2ccc3c(c2)C(c2ccccc2)(c2ccccc2)c2cc(N(c4ccc(C(C)(C)C)cc4)c4ccc(C(C)(C)C)cc4)c4c(oc5ccccc54)c2-3)cc1. The Hall–Kier alpha value is -7.62. The Balaban J connectivity index is 1.25. The summed E-state index contributed by atoms with van der Waals surface area (Å²) in [5.41, 5.74) is 19.8. The number of hydrogen-bond acceptors (Lipinski definition) is 3. The zero-order chi connectivity index (χ0) is 52.0. The number of anilines is 6. The lowest BCUT2D eigenvalue weighted by Crippen LogP contribution is -2.29. The summed E-state index contributed by atoms with van der Waals surface area (Å²) < 4.78 is 7.36. The molecule has 1 aliphatic carbocycles. The molecule has 0 unspecified atom stereocenters. The smallest absolute Gasteiger partial charge is 0.145 e. The van der Waals surface area contributed by atoms with Crippen LogP contribution in [0, 0.1) is 0 Å². The molecule has 0 bridgehead atoms. The summed E-state index contributed by atoms with van der Waals surface area (Å²) in [6.45, 7) is 27.4. The molecule has 3 heteroatoms. The van der Waals surface area contributed by atoms with E-state index in [2.05, 4.69) is 299 Å². The molecule has 0 amide bonds. The molecular formula is C71H70N2O. The fraction of sp³-hybridized carbons (Fsp3) is 0.239. The predicted molar refractivity (Wildman–Crippen MR) is 315 cm³/mol. The van der Waals surface area contributed by atoms with Crippen molar-refractivity contribution in [2.75, 3.05) is 9.80 Å². The van der Waals surface area contributed by atoms with Crippen molar-refractivity contribution in [1.82, 2.24) is 0 Å². The van der Waals surface area contributed by atoms with E-state index in [4.69, 9.17) is 4.42 Å². The first kappa shape index (κ1) is 48.6. The van der Waals surface area contributed by atoms with Crippen molar-refractivity contribution in [3.05, 3.63) is 251 Å². The highest BCUT2D eigenvalue weighted by molar-refractivity contribution is 6.19. The highest BCUT2D eigenvalue weighted by atomic mass is 16.3. The third-order valence-electron chi connectivity index (χ3n) is 15.6. The second kappa shape index (κ2) is 17.8. The molecule has 0 saturated heterocycles. The van der Waals surface area contributed by atoms with Crippen LogP contribution in [0.15, 0.2) is 211 Å². The van der Waals surface area contributed by atoms with Crippen molar-refractivity contribution in [3.8, 4) is 11.1 Å². The van der Waals surface area contributed by atoms with E-state index in [1.54, 1.807) is 0 Å². The van der Waals surface area contributed by atoms with Gasteiger partial charge in [0, 0.05) is 39.4 Å². The van der Waals surface area contributed by atoms with Gasteiger partial charge in [0.25, 0.3) is 0 Å². The molecule has 74 heavy (non-hydrogen) atoms. The summed E-state index contributed by atoms with van der Waals surface area (Å²) >= 11 is 0. The van der Waals surface area contributed by atoms with Gasteiger partial charge in [-0.15, -0.1) is 0 Å². The summed E-state index contributed by atoms with van der Waals surface area (Å²) in [5.74, 6) is 0. The van der Waals surface area contributed by atoms with Gasteiger partial charge in [0.2, 0.25) is 0 Å². The van der Waals surface area contributed by atoms with Crippen LogP contribution in [0.1, 0.15) is 128 Å². The van der Waals surface area contributed by atoms with Gasteiger partial charge in [-0.2, -0.15) is 0 Å². The van der Waals surface area contributed by atoms with E-state index >= 15 is 0 Å². The van der Waals surface area contributed by atoms with Gasteiger partial charge in [-0.05, 0) is 145 Å². The van der Waals surface area contributed by atoms with E-state index in [9.17, 15) is 0 Å². The predicted octanol–water partition coefficient (Wildman–Crippen LogP) is 20.1. The van der Waals surface area contributed by atoms with Crippen LogP contribution >= 0.6 is 0 Å². The maximum Gasteiger partial charge on any atom is 0.145 e. The molecule has 3 nitrogen and oxygen atoms in total. The van der Waals surface area contributed by atoms with Gasteiger partial charge in [0.1, 0.15) is 11.2 Å². The first-order valence-corrected chi connectivity index (χ1v) is 26.5. The molecule has 1 aliphatic rings. The van der Waals surface area contributed by atoms with E-state index < -0.39 is 5.41 Å². The summed E-state index contributed by atoms with van der Waals surface area (Å²) in [5, 5.41) is 2.17. The van der Waals surface area contributed by atoms with Crippen LogP contribution in [0.5, 0.6) is 0 Å². The quantitative estimate of drug-likeness (QED) is 0.151. The highest BCUT2D eigenvalue weighted by Crippen LogP contribution is 2.62. The first-order chi connectivity index (χ1) is 35.2. The maximum atomic E-state index is 7.36.